The normalized spacial score (nSPS) is 11.6. The molecule has 158 valence electrons. The van der Waals surface area contributed by atoms with Crippen molar-refractivity contribution in [2.24, 2.45) is 0 Å². The molecule has 5 nitrogen and oxygen atoms in total. The maximum absolute atomic E-state index is 13.2. The molecule has 4 rings (SSSR count). The summed E-state index contributed by atoms with van der Waals surface area (Å²) in [7, 11) is 0. The molecule has 0 spiro atoms. The van der Waals surface area contributed by atoms with Crippen LogP contribution in [0.2, 0.25) is 0 Å². The standard InChI is InChI=1S/C22H16F4N4O/c1-13-5-10-18-27-21(28-19(31)11-14-6-8-17(23)9-7-14)20(30(18)29-13)15-3-2-4-16(12-15)22(24,25)26/h2-10,12H,11H2,1H3,(H,28,31). The van der Waals surface area contributed by atoms with E-state index in [-0.39, 0.29) is 23.5 Å². The van der Waals surface area contributed by atoms with Crippen LogP contribution in [0.4, 0.5) is 23.4 Å². The monoisotopic (exact) mass is 428 g/mol. The van der Waals surface area contributed by atoms with Gasteiger partial charge in [-0.2, -0.15) is 18.3 Å². The number of nitrogens with zero attached hydrogens (tertiary/aromatic N) is 3. The van der Waals surface area contributed by atoms with E-state index < -0.39 is 23.5 Å². The van der Waals surface area contributed by atoms with Gasteiger partial charge in [0.25, 0.3) is 0 Å². The summed E-state index contributed by atoms with van der Waals surface area (Å²) in [6.07, 6.45) is -4.57. The number of aryl methyl sites for hydroxylation is 1. The van der Waals surface area contributed by atoms with Crippen LogP contribution in [0, 0.1) is 12.7 Å². The van der Waals surface area contributed by atoms with Crippen molar-refractivity contribution in [2.45, 2.75) is 19.5 Å². The fourth-order valence-electron chi connectivity index (χ4n) is 3.18. The van der Waals surface area contributed by atoms with Gasteiger partial charge in [-0.15, -0.1) is 0 Å². The largest absolute Gasteiger partial charge is 0.416 e. The number of nitrogens with one attached hydrogen (secondary N) is 1. The SMILES string of the molecule is Cc1ccc2nc(NC(=O)Cc3ccc(F)cc3)c(-c3cccc(C(F)(F)F)c3)n2n1. The highest BCUT2D eigenvalue weighted by molar-refractivity contribution is 5.95. The molecule has 2 aromatic carbocycles. The van der Waals surface area contributed by atoms with E-state index >= 15 is 0 Å². The lowest BCUT2D eigenvalue weighted by Gasteiger charge is -2.10. The van der Waals surface area contributed by atoms with Crippen molar-refractivity contribution in [3.63, 3.8) is 0 Å². The smallest absolute Gasteiger partial charge is 0.309 e. The second kappa shape index (κ2) is 7.82. The predicted octanol–water partition coefficient (Wildman–Crippen LogP) is 5.04. The second-order valence-corrected chi connectivity index (χ2v) is 6.98. The van der Waals surface area contributed by atoms with Crippen LogP contribution in [-0.4, -0.2) is 20.5 Å². The van der Waals surface area contributed by atoms with Crippen LogP contribution in [0.3, 0.4) is 0 Å². The van der Waals surface area contributed by atoms with E-state index in [1.807, 2.05) is 0 Å². The van der Waals surface area contributed by atoms with Crippen molar-refractivity contribution in [3.8, 4) is 11.3 Å². The molecule has 1 amide bonds. The Hall–Kier alpha value is -3.75. The fraction of sp³-hybridized carbons (Fsp3) is 0.136. The van der Waals surface area contributed by atoms with Gasteiger partial charge in [-0.1, -0.05) is 24.3 Å². The molecule has 1 N–H and O–H groups in total. The number of carbonyl (C=O) groups is 1. The number of alkyl halides is 3. The van der Waals surface area contributed by atoms with E-state index in [2.05, 4.69) is 15.4 Å². The van der Waals surface area contributed by atoms with Crippen molar-refractivity contribution >= 4 is 17.4 Å². The molecule has 2 heterocycles. The Bertz CT molecular complexity index is 1260. The second-order valence-electron chi connectivity index (χ2n) is 6.98. The van der Waals surface area contributed by atoms with Crippen LogP contribution < -0.4 is 5.32 Å². The van der Waals surface area contributed by atoms with E-state index in [4.69, 9.17) is 0 Å². The van der Waals surface area contributed by atoms with Crippen LogP contribution in [0.15, 0.2) is 60.7 Å². The lowest BCUT2D eigenvalue weighted by atomic mass is 10.1. The summed E-state index contributed by atoms with van der Waals surface area (Å²) in [6, 6.07) is 13.6. The van der Waals surface area contributed by atoms with Gasteiger partial charge in [-0.05, 0) is 48.9 Å². The molecule has 0 fully saturated rings. The third-order valence-electron chi connectivity index (χ3n) is 4.61. The zero-order valence-electron chi connectivity index (χ0n) is 16.2. The number of rotatable bonds is 4. The molecule has 0 unspecified atom stereocenters. The van der Waals surface area contributed by atoms with Crippen LogP contribution in [0.1, 0.15) is 16.8 Å². The molecule has 0 bridgehead atoms. The number of hydrogen-bond acceptors (Lipinski definition) is 3. The Kier molecular flexibility index (Phi) is 5.18. The van der Waals surface area contributed by atoms with Gasteiger partial charge >= 0.3 is 6.18 Å². The van der Waals surface area contributed by atoms with Crippen LogP contribution in [0.25, 0.3) is 16.9 Å². The van der Waals surface area contributed by atoms with Crippen molar-refractivity contribution in [1.82, 2.24) is 14.6 Å². The van der Waals surface area contributed by atoms with Gasteiger partial charge in [0.05, 0.1) is 17.7 Å². The molecule has 0 saturated heterocycles. The predicted molar refractivity (Wildman–Crippen MR) is 107 cm³/mol. The van der Waals surface area contributed by atoms with Gasteiger partial charge < -0.3 is 5.32 Å². The quantitative estimate of drug-likeness (QED) is 0.463. The summed E-state index contributed by atoms with van der Waals surface area (Å²) in [6.45, 7) is 1.74. The number of halogens is 4. The average Bonchev–Trinajstić information content (AvgIpc) is 3.06. The number of fused-ring (bicyclic) bond motifs is 1. The fourth-order valence-corrected chi connectivity index (χ4v) is 3.18. The lowest BCUT2D eigenvalue weighted by molar-refractivity contribution is -0.137. The molecule has 9 heteroatoms. The summed E-state index contributed by atoms with van der Waals surface area (Å²) in [4.78, 5) is 16.9. The van der Waals surface area contributed by atoms with Gasteiger partial charge in [-0.25, -0.2) is 13.9 Å². The first-order chi connectivity index (χ1) is 14.7. The van der Waals surface area contributed by atoms with E-state index in [1.165, 1.54) is 40.9 Å². The molecular formula is C22H16F4N4O. The maximum Gasteiger partial charge on any atom is 0.416 e. The highest BCUT2D eigenvalue weighted by atomic mass is 19.4. The Labute approximate surface area is 174 Å². The van der Waals surface area contributed by atoms with Gasteiger partial charge in [0.15, 0.2) is 11.5 Å². The van der Waals surface area contributed by atoms with E-state index in [0.29, 0.717) is 16.9 Å². The molecule has 0 aliphatic carbocycles. The van der Waals surface area contributed by atoms with Crippen molar-refractivity contribution in [2.75, 3.05) is 5.32 Å². The molecule has 4 aromatic rings. The summed E-state index contributed by atoms with van der Waals surface area (Å²) < 4.78 is 54.2. The number of amides is 1. The zero-order chi connectivity index (χ0) is 22.2. The Morgan fingerprint density at radius 2 is 1.81 bits per heavy atom. The molecular weight excluding hydrogens is 412 g/mol. The van der Waals surface area contributed by atoms with Gasteiger partial charge in [0.1, 0.15) is 11.5 Å². The number of hydrogen-bond donors (Lipinski definition) is 1. The summed E-state index contributed by atoms with van der Waals surface area (Å²) in [5, 5.41) is 7.00. The number of imidazole rings is 1. The van der Waals surface area contributed by atoms with Crippen molar-refractivity contribution < 1.29 is 22.4 Å². The maximum atomic E-state index is 13.2. The molecule has 2 aromatic heterocycles. The third kappa shape index (κ3) is 4.40. The Balaban J connectivity index is 1.75. The number of benzene rings is 2. The van der Waals surface area contributed by atoms with E-state index in [1.54, 1.807) is 19.1 Å². The van der Waals surface area contributed by atoms with Gasteiger partial charge in [0.2, 0.25) is 5.91 Å². The number of aromatic nitrogens is 3. The van der Waals surface area contributed by atoms with E-state index in [9.17, 15) is 22.4 Å². The number of carbonyl (C=O) groups excluding carboxylic acids is 1. The zero-order valence-corrected chi connectivity index (χ0v) is 16.2. The third-order valence-corrected chi connectivity index (χ3v) is 4.61. The molecule has 0 aliphatic rings. The van der Waals surface area contributed by atoms with Gasteiger partial charge in [-0.3, -0.25) is 4.79 Å². The summed E-state index contributed by atoms with van der Waals surface area (Å²) in [5.74, 6) is -0.776. The van der Waals surface area contributed by atoms with Crippen LogP contribution in [-0.2, 0) is 17.4 Å². The van der Waals surface area contributed by atoms with Crippen LogP contribution in [0.5, 0.6) is 0 Å². The Morgan fingerprint density at radius 1 is 1.06 bits per heavy atom. The minimum absolute atomic E-state index is 0.0529. The molecule has 0 atom stereocenters. The molecule has 0 saturated carbocycles. The van der Waals surface area contributed by atoms with Gasteiger partial charge in [0, 0.05) is 5.56 Å². The Morgan fingerprint density at radius 3 is 2.52 bits per heavy atom. The first-order valence-electron chi connectivity index (χ1n) is 9.29. The lowest BCUT2D eigenvalue weighted by Crippen LogP contribution is -2.15. The summed E-state index contributed by atoms with van der Waals surface area (Å²) >= 11 is 0. The first kappa shape index (κ1) is 20.5. The highest BCUT2D eigenvalue weighted by Crippen LogP contribution is 2.34. The van der Waals surface area contributed by atoms with Crippen LogP contribution >= 0.6 is 0 Å². The topological polar surface area (TPSA) is 59.3 Å². The van der Waals surface area contributed by atoms with Crippen molar-refractivity contribution in [1.29, 1.82) is 0 Å². The minimum Gasteiger partial charge on any atom is -0.309 e. The molecule has 0 aliphatic heterocycles. The molecule has 31 heavy (non-hydrogen) atoms. The highest BCUT2D eigenvalue weighted by Gasteiger charge is 2.31. The minimum atomic E-state index is -4.52. The molecule has 0 radical (unpaired) electrons. The summed E-state index contributed by atoms with van der Waals surface area (Å²) in [5.41, 5.74) is 1.20. The van der Waals surface area contributed by atoms with E-state index in [0.717, 1.165) is 12.1 Å². The number of anilines is 1. The first-order valence-corrected chi connectivity index (χ1v) is 9.29. The van der Waals surface area contributed by atoms with Crippen molar-refractivity contribution in [3.05, 3.63) is 83.3 Å². The average molecular weight is 428 g/mol.